The summed E-state index contributed by atoms with van der Waals surface area (Å²) < 4.78 is 0. The Labute approximate surface area is 204 Å². The number of carbonyl (C=O) groups excluding carboxylic acids is 1. The van der Waals surface area contributed by atoms with Crippen LogP contribution in [0.25, 0.3) is 0 Å². The van der Waals surface area contributed by atoms with Crippen LogP contribution in [0, 0.1) is 0 Å². The minimum Gasteiger partial charge on any atom is -0.479 e. The van der Waals surface area contributed by atoms with Crippen LogP contribution in [-0.2, 0) is 9.59 Å². The van der Waals surface area contributed by atoms with Gasteiger partial charge in [-0.25, -0.2) is 4.79 Å². The number of hydrogen-bond acceptors (Lipinski definition) is 7. The summed E-state index contributed by atoms with van der Waals surface area (Å²) >= 11 is 0. The zero-order valence-corrected chi connectivity index (χ0v) is 20.9. The first-order chi connectivity index (χ1) is 16.4. The first-order valence-electron chi connectivity index (χ1n) is 12.9. The number of aliphatic carboxylic acids is 1. The van der Waals surface area contributed by atoms with Gasteiger partial charge in [0.1, 0.15) is 12.2 Å². The fraction of sp³-hybridized carbons (Fsp3) is 0.840. The molecule has 0 aromatic rings. The SMILES string of the molecule is CCCCCCCCCCCCCCCC(=O)N1C=CCNC1C(=O)O.OCC(O)C(O)CO. The standard InChI is InChI=1S/C21H38N2O3.C4H10O4/c1-2-3-4-5-6-7-8-9-10-11-12-13-14-16-19(24)23-18-15-17-22-20(23)21(25)26;5-1-3(7)4(8)2-6/h15,18,20,22H,2-14,16-17H2,1H3,(H,25,26);3-8H,1-2H2. The number of nitrogens with one attached hydrogen (secondary N) is 1. The number of carboxylic acid groups (broad SMARTS) is 1. The molecule has 0 saturated heterocycles. The van der Waals surface area contributed by atoms with E-state index in [1.165, 1.54) is 75.5 Å². The number of hydrogen-bond donors (Lipinski definition) is 6. The topological polar surface area (TPSA) is 151 Å². The van der Waals surface area contributed by atoms with E-state index in [0.717, 1.165) is 12.8 Å². The predicted molar refractivity (Wildman–Crippen MR) is 132 cm³/mol. The van der Waals surface area contributed by atoms with Crippen molar-refractivity contribution in [1.29, 1.82) is 0 Å². The van der Waals surface area contributed by atoms with Gasteiger partial charge in [-0.2, -0.15) is 0 Å². The van der Waals surface area contributed by atoms with Crippen molar-refractivity contribution in [3.05, 3.63) is 12.3 Å². The van der Waals surface area contributed by atoms with Crippen LogP contribution in [-0.4, -0.2) is 80.4 Å². The van der Waals surface area contributed by atoms with Crippen molar-refractivity contribution >= 4 is 11.9 Å². The molecule has 0 saturated carbocycles. The van der Waals surface area contributed by atoms with Gasteiger partial charge < -0.3 is 25.5 Å². The molecule has 1 heterocycles. The Kier molecular flexibility index (Phi) is 21.0. The second-order valence-corrected chi connectivity index (χ2v) is 8.83. The smallest absolute Gasteiger partial charge is 0.342 e. The van der Waals surface area contributed by atoms with Gasteiger partial charge in [-0.3, -0.25) is 15.0 Å². The highest BCUT2D eigenvalue weighted by Gasteiger charge is 2.28. The number of aliphatic hydroxyl groups is 4. The molecular formula is C25H48N2O7. The molecule has 3 atom stereocenters. The van der Waals surface area contributed by atoms with Gasteiger partial charge >= 0.3 is 5.97 Å². The van der Waals surface area contributed by atoms with Crippen molar-refractivity contribution in [3.8, 4) is 0 Å². The lowest BCUT2D eigenvalue weighted by Crippen LogP contribution is -2.53. The summed E-state index contributed by atoms with van der Waals surface area (Å²) in [5.74, 6) is -1.11. The van der Waals surface area contributed by atoms with Crippen LogP contribution in [0.4, 0.5) is 0 Å². The molecule has 0 spiro atoms. The van der Waals surface area contributed by atoms with Crippen LogP contribution in [0.1, 0.15) is 96.8 Å². The van der Waals surface area contributed by atoms with Crippen molar-refractivity contribution in [2.45, 2.75) is 115 Å². The molecule has 6 N–H and O–H groups in total. The van der Waals surface area contributed by atoms with Gasteiger partial charge in [-0.05, 0) is 6.42 Å². The van der Waals surface area contributed by atoms with E-state index in [4.69, 9.17) is 25.5 Å². The monoisotopic (exact) mass is 488 g/mol. The van der Waals surface area contributed by atoms with Crippen LogP contribution in [0.3, 0.4) is 0 Å². The number of rotatable bonds is 18. The van der Waals surface area contributed by atoms with E-state index in [9.17, 15) is 9.59 Å². The molecule has 9 nitrogen and oxygen atoms in total. The third-order valence-corrected chi connectivity index (χ3v) is 5.81. The maximum Gasteiger partial charge on any atom is 0.342 e. The molecule has 200 valence electrons. The van der Waals surface area contributed by atoms with Gasteiger partial charge in [0.15, 0.2) is 6.17 Å². The maximum absolute atomic E-state index is 12.2. The Morgan fingerprint density at radius 1 is 0.853 bits per heavy atom. The molecule has 1 rings (SSSR count). The van der Waals surface area contributed by atoms with E-state index in [2.05, 4.69) is 12.2 Å². The number of carboxylic acids is 1. The summed E-state index contributed by atoms with van der Waals surface area (Å²) in [5.41, 5.74) is 0. The lowest BCUT2D eigenvalue weighted by molar-refractivity contribution is -0.149. The second-order valence-electron chi connectivity index (χ2n) is 8.83. The molecule has 0 fully saturated rings. The van der Waals surface area contributed by atoms with Crippen LogP contribution < -0.4 is 5.32 Å². The van der Waals surface area contributed by atoms with E-state index >= 15 is 0 Å². The molecule has 3 unspecified atom stereocenters. The molecule has 0 aliphatic carbocycles. The zero-order valence-electron chi connectivity index (χ0n) is 20.9. The van der Waals surface area contributed by atoms with E-state index in [1.54, 1.807) is 12.3 Å². The van der Waals surface area contributed by atoms with Crippen molar-refractivity contribution in [2.75, 3.05) is 19.8 Å². The molecule has 1 aliphatic heterocycles. The van der Waals surface area contributed by atoms with Gasteiger partial charge in [0.05, 0.1) is 13.2 Å². The molecule has 9 heteroatoms. The van der Waals surface area contributed by atoms with Crippen molar-refractivity contribution in [1.82, 2.24) is 10.2 Å². The Bertz CT molecular complexity index is 537. The van der Waals surface area contributed by atoms with Gasteiger partial charge in [-0.1, -0.05) is 90.0 Å². The van der Waals surface area contributed by atoms with Gasteiger partial charge in [0, 0.05) is 19.2 Å². The molecule has 0 radical (unpaired) electrons. The molecule has 0 bridgehead atoms. The Morgan fingerprint density at radius 3 is 1.71 bits per heavy atom. The van der Waals surface area contributed by atoms with Crippen LogP contribution in [0.15, 0.2) is 12.3 Å². The molecule has 34 heavy (non-hydrogen) atoms. The Hall–Kier alpha value is -1.52. The Morgan fingerprint density at radius 2 is 1.29 bits per heavy atom. The number of unbranched alkanes of at least 4 members (excludes halogenated alkanes) is 12. The van der Waals surface area contributed by atoms with Crippen molar-refractivity contribution < 1.29 is 35.1 Å². The molecule has 0 aromatic carbocycles. The number of carbonyl (C=O) groups is 2. The number of amides is 1. The lowest BCUT2D eigenvalue weighted by Gasteiger charge is -2.29. The van der Waals surface area contributed by atoms with Gasteiger partial charge in [0.2, 0.25) is 5.91 Å². The third-order valence-electron chi connectivity index (χ3n) is 5.81. The first kappa shape index (κ1) is 32.5. The summed E-state index contributed by atoms with van der Waals surface area (Å²) in [6.45, 7) is 1.69. The lowest BCUT2D eigenvalue weighted by atomic mass is 10.0. The fourth-order valence-corrected chi connectivity index (χ4v) is 3.63. The van der Waals surface area contributed by atoms with Crippen LogP contribution >= 0.6 is 0 Å². The van der Waals surface area contributed by atoms with Crippen LogP contribution in [0.5, 0.6) is 0 Å². The summed E-state index contributed by atoms with van der Waals surface area (Å²) in [6, 6.07) is 0. The average Bonchev–Trinajstić information content (AvgIpc) is 2.85. The highest BCUT2D eigenvalue weighted by Crippen LogP contribution is 2.14. The zero-order chi connectivity index (χ0) is 25.6. The van der Waals surface area contributed by atoms with Crippen molar-refractivity contribution in [2.24, 2.45) is 0 Å². The van der Waals surface area contributed by atoms with Gasteiger partial charge in [-0.15, -0.1) is 0 Å². The quantitative estimate of drug-likeness (QED) is 0.161. The molecule has 1 aliphatic rings. The van der Waals surface area contributed by atoms with E-state index < -0.39 is 37.6 Å². The van der Waals surface area contributed by atoms with Crippen LogP contribution in [0.2, 0.25) is 0 Å². The van der Waals surface area contributed by atoms with Gasteiger partial charge in [0.25, 0.3) is 0 Å². The predicted octanol–water partition coefficient (Wildman–Crippen LogP) is 2.52. The maximum atomic E-state index is 12.2. The third kappa shape index (κ3) is 16.2. The van der Waals surface area contributed by atoms with E-state index in [0.29, 0.717) is 13.0 Å². The highest BCUT2D eigenvalue weighted by molar-refractivity contribution is 5.84. The van der Waals surface area contributed by atoms with E-state index in [-0.39, 0.29) is 5.91 Å². The molecule has 0 aromatic heterocycles. The average molecular weight is 489 g/mol. The Balaban J connectivity index is 0.00000116. The van der Waals surface area contributed by atoms with Crippen molar-refractivity contribution in [3.63, 3.8) is 0 Å². The molecule has 1 amide bonds. The van der Waals surface area contributed by atoms with E-state index in [1.807, 2.05) is 0 Å². The highest BCUT2D eigenvalue weighted by atomic mass is 16.4. The summed E-state index contributed by atoms with van der Waals surface area (Å²) in [6.07, 6.45) is 17.0. The minimum atomic E-state index is -1.22. The molecular weight excluding hydrogens is 440 g/mol. The largest absolute Gasteiger partial charge is 0.479 e. The normalized spacial score (nSPS) is 17.1. The number of aliphatic hydroxyl groups excluding tert-OH is 4. The summed E-state index contributed by atoms with van der Waals surface area (Å²) in [5, 5.41) is 45.1. The first-order valence-corrected chi connectivity index (χ1v) is 12.9. The summed E-state index contributed by atoms with van der Waals surface area (Å²) in [4.78, 5) is 24.7. The second kappa shape index (κ2) is 22.0. The number of nitrogens with zero attached hydrogens (tertiary/aromatic N) is 1. The minimum absolute atomic E-state index is 0.107. The summed E-state index contributed by atoms with van der Waals surface area (Å²) in [7, 11) is 0. The fourth-order valence-electron chi connectivity index (χ4n) is 3.63.